The van der Waals surface area contributed by atoms with Crippen LogP contribution >= 0.6 is 0 Å². The van der Waals surface area contributed by atoms with E-state index in [9.17, 15) is 4.79 Å². The van der Waals surface area contributed by atoms with Crippen molar-refractivity contribution >= 4 is 5.78 Å². The number of rotatable bonds is 5. The average molecular weight is 197 g/mol. The van der Waals surface area contributed by atoms with Crippen LogP contribution in [0.5, 0.6) is 0 Å². The van der Waals surface area contributed by atoms with Crippen molar-refractivity contribution in [3.05, 3.63) is 0 Å². The quantitative estimate of drug-likeness (QED) is 0.674. The van der Waals surface area contributed by atoms with E-state index in [-0.39, 0.29) is 5.41 Å². The molecular weight excluding hydrogens is 174 g/mol. The highest BCUT2D eigenvalue weighted by atomic mass is 16.1. The van der Waals surface area contributed by atoms with Gasteiger partial charge in [0.15, 0.2) is 5.78 Å². The van der Waals surface area contributed by atoms with Crippen LogP contribution in [0, 0.1) is 11.3 Å². The summed E-state index contributed by atoms with van der Waals surface area (Å²) in [5.41, 5.74) is -0.184. The van der Waals surface area contributed by atoms with E-state index in [1.807, 2.05) is 20.8 Å². The highest BCUT2D eigenvalue weighted by molar-refractivity contribution is 5.85. The molecule has 1 fully saturated rings. The summed E-state index contributed by atoms with van der Waals surface area (Å²) in [6.45, 7) is 10.9. The molecule has 0 spiro atoms. The van der Waals surface area contributed by atoms with Crippen LogP contribution in [0.25, 0.3) is 0 Å². The van der Waals surface area contributed by atoms with Gasteiger partial charge in [-0.1, -0.05) is 27.7 Å². The summed E-state index contributed by atoms with van der Waals surface area (Å²) in [7, 11) is 0. The third-order valence-electron chi connectivity index (χ3n) is 2.86. The van der Waals surface area contributed by atoms with Gasteiger partial charge in [0.05, 0.1) is 6.54 Å². The molecule has 0 heterocycles. The number of nitrogens with zero attached hydrogens (tertiary/aromatic N) is 1. The zero-order chi connectivity index (χ0) is 10.8. The summed E-state index contributed by atoms with van der Waals surface area (Å²) in [4.78, 5) is 14.1. The minimum Gasteiger partial charge on any atom is -0.298 e. The first kappa shape index (κ1) is 11.7. The van der Waals surface area contributed by atoms with Gasteiger partial charge in [-0.2, -0.15) is 0 Å². The third-order valence-corrected chi connectivity index (χ3v) is 2.86. The number of likely N-dealkylation sites (N-methyl/N-ethyl adjacent to an activating group) is 1. The molecule has 0 saturated heterocycles. The molecule has 0 radical (unpaired) electrons. The fraction of sp³-hybridized carbons (Fsp3) is 0.917. The van der Waals surface area contributed by atoms with Crippen LogP contribution < -0.4 is 0 Å². The van der Waals surface area contributed by atoms with Crippen molar-refractivity contribution in [2.75, 3.05) is 19.6 Å². The fourth-order valence-corrected chi connectivity index (χ4v) is 1.41. The van der Waals surface area contributed by atoms with Crippen LogP contribution in [0.4, 0.5) is 0 Å². The maximum atomic E-state index is 11.8. The Kier molecular flexibility index (Phi) is 3.71. The molecular formula is C12H23NO. The van der Waals surface area contributed by atoms with E-state index in [1.165, 1.54) is 12.8 Å². The normalized spacial score (nSPS) is 17.5. The summed E-state index contributed by atoms with van der Waals surface area (Å²) in [6, 6.07) is 0. The molecule has 2 heteroatoms. The molecule has 1 rings (SSSR count). The molecule has 0 bridgehead atoms. The van der Waals surface area contributed by atoms with Gasteiger partial charge >= 0.3 is 0 Å². The highest BCUT2D eigenvalue weighted by Crippen LogP contribution is 2.29. The van der Waals surface area contributed by atoms with Gasteiger partial charge in [-0.25, -0.2) is 0 Å². The van der Waals surface area contributed by atoms with Gasteiger partial charge in [0.2, 0.25) is 0 Å². The van der Waals surface area contributed by atoms with Gasteiger partial charge in [-0.15, -0.1) is 0 Å². The first-order valence-electron chi connectivity index (χ1n) is 5.69. The minimum atomic E-state index is -0.184. The lowest BCUT2D eigenvalue weighted by Crippen LogP contribution is -2.36. The molecule has 82 valence electrons. The number of hydrogen-bond acceptors (Lipinski definition) is 2. The van der Waals surface area contributed by atoms with Gasteiger partial charge in [0.25, 0.3) is 0 Å². The van der Waals surface area contributed by atoms with E-state index in [1.54, 1.807) is 0 Å². The molecule has 0 amide bonds. The van der Waals surface area contributed by atoms with E-state index in [4.69, 9.17) is 0 Å². The van der Waals surface area contributed by atoms with Crippen molar-refractivity contribution < 1.29 is 4.79 Å². The summed E-state index contributed by atoms with van der Waals surface area (Å²) < 4.78 is 0. The van der Waals surface area contributed by atoms with Crippen molar-refractivity contribution in [2.45, 2.75) is 40.5 Å². The van der Waals surface area contributed by atoms with Crippen LogP contribution in [0.15, 0.2) is 0 Å². The lowest BCUT2D eigenvalue weighted by atomic mass is 9.90. The summed E-state index contributed by atoms with van der Waals surface area (Å²) in [6.07, 6.45) is 2.72. The van der Waals surface area contributed by atoms with Crippen molar-refractivity contribution in [2.24, 2.45) is 11.3 Å². The van der Waals surface area contributed by atoms with Crippen LogP contribution in [0.3, 0.4) is 0 Å². The van der Waals surface area contributed by atoms with Gasteiger partial charge < -0.3 is 0 Å². The van der Waals surface area contributed by atoms with Crippen molar-refractivity contribution in [1.29, 1.82) is 0 Å². The lowest BCUT2D eigenvalue weighted by molar-refractivity contribution is -0.127. The van der Waals surface area contributed by atoms with Crippen LogP contribution in [-0.4, -0.2) is 30.3 Å². The smallest absolute Gasteiger partial charge is 0.152 e. The molecule has 2 nitrogen and oxygen atoms in total. The SMILES string of the molecule is CCN(CC(=O)C(C)(C)C)CC1CC1. The second-order valence-corrected chi connectivity index (χ2v) is 5.44. The van der Waals surface area contributed by atoms with Crippen molar-refractivity contribution in [3.8, 4) is 0 Å². The molecule has 0 aromatic heterocycles. The van der Waals surface area contributed by atoms with E-state index >= 15 is 0 Å². The van der Waals surface area contributed by atoms with Gasteiger partial charge in [0, 0.05) is 12.0 Å². The first-order valence-corrected chi connectivity index (χ1v) is 5.69. The number of hydrogen-bond donors (Lipinski definition) is 0. The highest BCUT2D eigenvalue weighted by Gasteiger charge is 2.27. The Morgan fingerprint density at radius 1 is 1.36 bits per heavy atom. The van der Waals surface area contributed by atoms with Crippen molar-refractivity contribution in [1.82, 2.24) is 4.90 Å². The first-order chi connectivity index (χ1) is 6.43. The summed E-state index contributed by atoms with van der Waals surface area (Å²) in [5.74, 6) is 1.24. The summed E-state index contributed by atoms with van der Waals surface area (Å²) >= 11 is 0. The van der Waals surface area contributed by atoms with E-state index < -0.39 is 0 Å². The Morgan fingerprint density at radius 3 is 2.29 bits per heavy atom. The Hall–Kier alpha value is -0.370. The van der Waals surface area contributed by atoms with Gasteiger partial charge in [-0.3, -0.25) is 9.69 Å². The summed E-state index contributed by atoms with van der Waals surface area (Å²) in [5, 5.41) is 0. The Bertz CT molecular complexity index is 201. The Morgan fingerprint density at radius 2 is 1.93 bits per heavy atom. The van der Waals surface area contributed by atoms with E-state index in [2.05, 4.69) is 11.8 Å². The third kappa shape index (κ3) is 3.79. The second kappa shape index (κ2) is 4.43. The predicted octanol–water partition coefficient (Wildman–Crippen LogP) is 2.33. The zero-order valence-electron chi connectivity index (χ0n) is 9.97. The Labute approximate surface area is 87.7 Å². The maximum absolute atomic E-state index is 11.8. The van der Waals surface area contributed by atoms with Crippen LogP contribution in [-0.2, 0) is 4.79 Å². The molecule has 0 aromatic carbocycles. The molecule has 0 unspecified atom stereocenters. The topological polar surface area (TPSA) is 20.3 Å². The molecule has 0 atom stereocenters. The molecule has 1 aliphatic rings. The average Bonchev–Trinajstić information content (AvgIpc) is 2.85. The van der Waals surface area contributed by atoms with Gasteiger partial charge in [-0.05, 0) is 25.3 Å². The monoisotopic (exact) mass is 197 g/mol. The number of carbonyl (C=O) groups excluding carboxylic acids is 1. The number of ketones is 1. The molecule has 14 heavy (non-hydrogen) atoms. The number of carbonyl (C=O) groups is 1. The van der Waals surface area contributed by atoms with Crippen LogP contribution in [0.2, 0.25) is 0 Å². The Balaban J connectivity index is 2.34. The van der Waals surface area contributed by atoms with Crippen LogP contribution in [0.1, 0.15) is 40.5 Å². The largest absolute Gasteiger partial charge is 0.298 e. The molecule has 0 N–H and O–H groups in total. The standard InChI is InChI=1S/C12H23NO/c1-5-13(8-10-6-7-10)9-11(14)12(2,3)4/h10H,5-9H2,1-4H3. The zero-order valence-corrected chi connectivity index (χ0v) is 9.97. The number of Topliss-reactive ketones (excluding diaryl/α,β-unsaturated/α-hetero) is 1. The van der Waals surface area contributed by atoms with Crippen molar-refractivity contribution in [3.63, 3.8) is 0 Å². The molecule has 0 aromatic rings. The fourth-order valence-electron chi connectivity index (χ4n) is 1.41. The lowest BCUT2D eigenvalue weighted by Gasteiger charge is -2.24. The molecule has 0 aliphatic heterocycles. The molecule has 1 saturated carbocycles. The van der Waals surface area contributed by atoms with E-state index in [0.717, 1.165) is 19.0 Å². The second-order valence-electron chi connectivity index (χ2n) is 5.44. The maximum Gasteiger partial charge on any atom is 0.152 e. The molecule has 1 aliphatic carbocycles. The van der Waals surface area contributed by atoms with Gasteiger partial charge in [0.1, 0.15) is 0 Å². The minimum absolute atomic E-state index is 0.184. The predicted molar refractivity (Wildman–Crippen MR) is 59.3 cm³/mol. The van der Waals surface area contributed by atoms with E-state index in [0.29, 0.717) is 12.3 Å².